The average Bonchev–Trinajstić information content (AvgIpc) is 2.75. The van der Waals surface area contributed by atoms with E-state index in [4.69, 9.17) is 0 Å². The Labute approximate surface area is 149 Å². The average molecular weight is 364 g/mol. The largest absolute Gasteiger partial charge is 0.573 e. The number of alkyl halides is 3. The fraction of sp³-hybridized carbons (Fsp3) is 0.316. The van der Waals surface area contributed by atoms with Gasteiger partial charge in [0, 0.05) is 20.1 Å². The Hall–Kier alpha value is -2.70. The van der Waals surface area contributed by atoms with Crippen LogP contribution in [0.5, 0.6) is 5.75 Å². The van der Waals surface area contributed by atoms with Crippen molar-refractivity contribution >= 4 is 17.3 Å². The molecule has 7 heteroatoms. The Morgan fingerprint density at radius 1 is 1.04 bits per heavy atom. The number of anilines is 2. The number of ether oxygens (including phenoxy) is 1. The van der Waals surface area contributed by atoms with Crippen molar-refractivity contribution < 1.29 is 22.7 Å². The first kappa shape index (κ1) is 18.1. The van der Waals surface area contributed by atoms with E-state index in [1.54, 1.807) is 4.90 Å². The number of benzene rings is 2. The predicted molar refractivity (Wildman–Crippen MR) is 93.5 cm³/mol. The van der Waals surface area contributed by atoms with Crippen LogP contribution in [0, 0.1) is 0 Å². The molecule has 3 rings (SSSR count). The molecular weight excluding hydrogens is 345 g/mol. The minimum absolute atomic E-state index is 0.0859. The molecule has 1 aliphatic rings. The molecule has 1 aliphatic heterocycles. The van der Waals surface area contributed by atoms with Gasteiger partial charge in [0.25, 0.3) is 0 Å². The van der Waals surface area contributed by atoms with Gasteiger partial charge >= 0.3 is 6.36 Å². The maximum absolute atomic E-state index is 12.8. The highest BCUT2D eigenvalue weighted by Gasteiger charge is 2.31. The molecule has 0 saturated carbocycles. The number of rotatable bonds is 3. The Morgan fingerprint density at radius 2 is 1.69 bits per heavy atom. The summed E-state index contributed by atoms with van der Waals surface area (Å²) in [6, 6.07) is 13.1. The second-order valence-corrected chi connectivity index (χ2v) is 6.18. The summed E-state index contributed by atoms with van der Waals surface area (Å²) < 4.78 is 40.5. The van der Waals surface area contributed by atoms with Gasteiger partial charge in [0.2, 0.25) is 5.91 Å². The van der Waals surface area contributed by atoms with Crippen molar-refractivity contribution in [3.63, 3.8) is 0 Å². The van der Waals surface area contributed by atoms with Crippen molar-refractivity contribution in [3.05, 3.63) is 54.1 Å². The molecule has 138 valence electrons. The number of carbonyl (C=O) groups is 1. The van der Waals surface area contributed by atoms with Crippen LogP contribution in [-0.4, -0.2) is 32.4 Å². The molecule has 0 aromatic heterocycles. The lowest BCUT2D eigenvalue weighted by Crippen LogP contribution is -2.32. The number of hydrogen-bond acceptors (Lipinski definition) is 3. The maximum Gasteiger partial charge on any atom is 0.573 e. The maximum atomic E-state index is 12.8. The molecule has 0 atom stereocenters. The zero-order valence-electron chi connectivity index (χ0n) is 14.3. The van der Waals surface area contributed by atoms with E-state index in [2.05, 4.69) is 9.64 Å². The molecule has 4 nitrogen and oxygen atoms in total. The van der Waals surface area contributed by atoms with E-state index in [1.807, 2.05) is 31.3 Å². The zero-order chi connectivity index (χ0) is 18.7. The topological polar surface area (TPSA) is 32.8 Å². The van der Waals surface area contributed by atoms with Crippen LogP contribution in [0.3, 0.4) is 0 Å². The summed E-state index contributed by atoms with van der Waals surface area (Å²) in [5, 5.41) is 0. The van der Waals surface area contributed by atoms with Crippen LogP contribution in [0.15, 0.2) is 48.5 Å². The van der Waals surface area contributed by atoms with Gasteiger partial charge in [-0.25, -0.2) is 0 Å². The standard InChI is InChI=1S/C19H19F3N2O2/c1-23-11-4-12-24(17-6-3-2-5-16(17)23)18(25)13-14-7-9-15(10-8-14)26-19(20,21)22/h2-3,5-10H,4,11-13H2,1H3. The molecule has 0 bridgehead atoms. The number of nitrogens with zero attached hydrogens (tertiary/aromatic N) is 2. The van der Waals surface area contributed by atoms with Crippen LogP contribution >= 0.6 is 0 Å². The molecule has 0 N–H and O–H groups in total. The fourth-order valence-corrected chi connectivity index (χ4v) is 3.06. The molecule has 2 aromatic rings. The second kappa shape index (κ2) is 7.27. The van der Waals surface area contributed by atoms with Crippen LogP contribution in [0.4, 0.5) is 24.5 Å². The Kier molecular flexibility index (Phi) is 5.06. The zero-order valence-corrected chi connectivity index (χ0v) is 14.3. The number of carbonyl (C=O) groups excluding carboxylic acids is 1. The summed E-state index contributed by atoms with van der Waals surface area (Å²) in [6.07, 6.45) is -3.77. The minimum atomic E-state index is -4.72. The number of fused-ring (bicyclic) bond motifs is 1. The number of hydrogen-bond donors (Lipinski definition) is 0. The second-order valence-electron chi connectivity index (χ2n) is 6.18. The van der Waals surface area contributed by atoms with Crippen molar-refractivity contribution in [2.24, 2.45) is 0 Å². The monoisotopic (exact) mass is 364 g/mol. The molecule has 26 heavy (non-hydrogen) atoms. The van der Waals surface area contributed by atoms with E-state index in [1.165, 1.54) is 24.3 Å². The summed E-state index contributed by atoms with van der Waals surface area (Å²) in [4.78, 5) is 16.7. The van der Waals surface area contributed by atoms with Gasteiger partial charge < -0.3 is 14.5 Å². The summed E-state index contributed by atoms with van der Waals surface area (Å²) in [5.74, 6) is -0.382. The van der Waals surface area contributed by atoms with Crippen LogP contribution in [0.2, 0.25) is 0 Å². The van der Waals surface area contributed by atoms with Crippen molar-refractivity contribution in [2.75, 3.05) is 29.9 Å². The molecule has 0 saturated heterocycles. The van der Waals surface area contributed by atoms with E-state index >= 15 is 0 Å². The van der Waals surface area contributed by atoms with Gasteiger partial charge in [-0.15, -0.1) is 13.2 Å². The highest BCUT2D eigenvalue weighted by atomic mass is 19.4. The summed E-state index contributed by atoms with van der Waals surface area (Å²) >= 11 is 0. The van der Waals surface area contributed by atoms with Crippen LogP contribution in [0.25, 0.3) is 0 Å². The molecule has 0 radical (unpaired) electrons. The number of amides is 1. The predicted octanol–water partition coefficient (Wildman–Crippen LogP) is 4.00. The van der Waals surface area contributed by atoms with Gasteiger partial charge in [-0.1, -0.05) is 24.3 Å². The third kappa shape index (κ3) is 4.28. The molecule has 2 aromatic carbocycles. The number of halogens is 3. The Balaban J connectivity index is 1.74. The lowest BCUT2D eigenvalue weighted by atomic mass is 10.1. The summed E-state index contributed by atoms with van der Waals surface area (Å²) in [6.45, 7) is 1.46. The van der Waals surface area contributed by atoms with Gasteiger partial charge in [-0.3, -0.25) is 4.79 Å². The minimum Gasteiger partial charge on any atom is -0.406 e. The Morgan fingerprint density at radius 3 is 2.35 bits per heavy atom. The van der Waals surface area contributed by atoms with Crippen LogP contribution < -0.4 is 14.5 Å². The third-order valence-corrected chi connectivity index (χ3v) is 4.27. The van der Waals surface area contributed by atoms with E-state index in [-0.39, 0.29) is 18.1 Å². The highest BCUT2D eigenvalue weighted by molar-refractivity contribution is 5.98. The summed E-state index contributed by atoms with van der Waals surface area (Å²) in [7, 11) is 1.99. The van der Waals surface area contributed by atoms with Gasteiger partial charge in [0.1, 0.15) is 5.75 Å². The van der Waals surface area contributed by atoms with Crippen LogP contribution in [-0.2, 0) is 11.2 Å². The molecule has 1 amide bonds. The van der Waals surface area contributed by atoms with E-state index in [9.17, 15) is 18.0 Å². The fourth-order valence-electron chi connectivity index (χ4n) is 3.06. The van der Waals surface area contributed by atoms with E-state index in [0.29, 0.717) is 12.1 Å². The Bertz CT molecular complexity index is 775. The smallest absolute Gasteiger partial charge is 0.406 e. The van der Waals surface area contributed by atoms with Gasteiger partial charge in [-0.05, 0) is 36.2 Å². The van der Waals surface area contributed by atoms with E-state index in [0.717, 1.165) is 24.3 Å². The summed E-state index contributed by atoms with van der Waals surface area (Å²) in [5.41, 5.74) is 2.49. The van der Waals surface area contributed by atoms with Crippen molar-refractivity contribution in [1.29, 1.82) is 0 Å². The molecule has 1 heterocycles. The third-order valence-electron chi connectivity index (χ3n) is 4.27. The van der Waals surface area contributed by atoms with Crippen LogP contribution in [0.1, 0.15) is 12.0 Å². The first-order valence-corrected chi connectivity index (χ1v) is 8.29. The quantitative estimate of drug-likeness (QED) is 0.825. The normalized spacial score (nSPS) is 14.6. The van der Waals surface area contributed by atoms with Gasteiger partial charge in [-0.2, -0.15) is 0 Å². The lowest BCUT2D eigenvalue weighted by Gasteiger charge is -2.24. The molecule has 0 aliphatic carbocycles. The first-order chi connectivity index (χ1) is 12.3. The van der Waals surface area contributed by atoms with Crippen molar-refractivity contribution in [3.8, 4) is 5.75 Å². The van der Waals surface area contributed by atoms with Crippen molar-refractivity contribution in [2.45, 2.75) is 19.2 Å². The van der Waals surface area contributed by atoms with E-state index < -0.39 is 6.36 Å². The highest BCUT2D eigenvalue weighted by Crippen LogP contribution is 2.31. The molecule has 0 fully saturated rings. The SMILES string of the molecule is CN1CCCN(C(=O)Cc2ccc(OC(F)(F)F)cc2)c2ccccc21. The van der Waals surface area contributed by atoms with Gasteiger partial charge in [0.05, 0.1) is 17.8 Å². The molecular formula is C19H19F3N2O2. The molecule has 0 unspecified atom stereocenters. The first-order valence-electron chi connectivity index (χ1n) is 8.29. The van der Waals surface area contributed by atoms with Crippen molar-refractivity contribution in [1.82, 2.24) is 0 Å². The molecule has 0 spiro atoms. The number of para-hydroxylation sites is 2. The lowest BCUT2D eigenvalue weighted by molar-refractivity contribution is -0.274. The van der Waals surface area contributed by atoms with Gasteiger partial charge in [0.15, 0.2) is 0 Å².